The molecule has 136 valence electrons. The molecule has 6 nitrogen and oxygen atoms in total. The van der Waals surface area contributed by atoms with Gasteiger partial charge in [-0.3, -0.25) is 0 Å². The molecule has 1 aromatic carbocycles. The first-order valence-electron chi connectivity index (χ1n) is 8.04. The van der Waals surface area contributed by atoms with Crippen molar-refractivity contribution in [3.8, 4) is 5.75 Å². The molecule has 4 rings (SSSR count). The van der Waals surface area contributed by atoms with E-state index < -0.39 is 12.6 Å². The molecule has 9 heteroatoms. The number of aliphatic hydroxyl groups is 1. The Morgan fingerprint density at radius 1 is 1.19 bits per heavy atom. The Bertz CT molecular complexity index is 920. The van der Waals surface area contributed by atoms with Crippen molar-refractivity contribution in [3.63, 3.8) is 0 Å². The van der Waals surface area contributed by atoms with Gasteiger partial charge in [-0.25, -0.2) is 4.98 Å². The van der Waals surface area contributed by atoms with Crippen molar-refractivity contribution in [2.45, 2.75) is 31.3 Å². The third kappa shape index (κ3) is 3.57. The van der Waals surface area contributed by atoms with E-state index in [1.165, 1.54) is 12.1 Å². The maximum atomic E-state index is 12.2. The zero-order valence-electron chi connectivity index (χ0n) is 13.4. The van der Waals surface area contributed by atoms with Crippen LogP contribution in [-0.2, 0) is 0 Å². The predicted molar refractivity (Wildman–Crippen MR) is 86.7 cm³/mol. The molecule has 1 unspecified atom stereocenters. The molecule has 1 aliphatic carbocycles. The molecule has 0 aliphatic heterocycles. The number of hydrogen-bond donors (Lipinski definition) is 2. The maximum absolute atomic E-state index is 12.2. The van der Waals surface area contributed by atoms with E-state index in [2.05, 4.69) is 20.1 Å². The molecular formula is C17H15F3N4O2. The molecular weight excluding hydrogens is 349 g/mol. The third-order valence-electron chi connectivity index (χ3n) is 4.09. The van der Waals surface area contributed by atoms with E-state index in [4.69, 9.17) is 0 Å². The minimum Gasteiger partial charge on any atom is -0.406 e. The van der Waals surface area contributed by atoms with Crippen molar-refractivity contribution in [1.82, 2.24) is 14.6 Å². The van der Waals surface area contributed by atoms with Gasteiger partial charge < -0.3 is 15.2 Å². The molecule has 1 aliphatic rings. The number of ether oxygens (including phenoxy) is 1. The summed E-state index contributed by atoms with van der Waals surface area (Å²) in [4.78, 5) is 4.25. The number of anilines is 1. The van der Waals surface area contributed by atoms with Gasteiger partial charge in [-0.05, 0) is 31.0 Å². The number of nitrogens with one attached hydrogen (secondary N) is 1. The van der Waals surface area contributed by atoms with Crippen LogP contribution < -0.4 is 10.1 Å². The number of rotatable bonds is 5. The van der Waals surface area contributed by atoms with Gasteiger partial charge in [-0.2, -0.15) is 9.61 Å². The fourth-order valence-corrected chi connectivity index (χ4v) is 2.68. The molecule has 0 spiro atoms. The normalized spacial score (nSPS) is 15.8. The number of nitrogens with zero attached hydrogens (tertiary/aromatic N) is 3. The Morgan fingerprint density at radius 3 is 2.58 bits per heavy atom. The Labute approximate surface area is 146 Å². The van der Waals surface area contributed by atoms with Crippen molar-refractivity contribution >= 4 is 11.5 Å². The summed E-state index contributed by atoms with van der Waals surface area (Å²) in [7, 11) is 0. The lowest BCUT2D eigenvalue weighted by atomic mass is 10.2. The second-order valence-electron chi connectivity index (χ2n) is 6.11. The average Bonchev–Trinajstić information content (AvgIpc) is 3.33. The predicted octanol–water partition coefficient (Wildman–Crippen LogP) is 3.61. The topological polar surface area (TPSA) is 71.7 Å². The smallest absolute Gasteiger partial charge is 0.406 e. The zero-order valence-corrected chi connectivity index (χ0v) is 13.4. The molecule has 0 bridgehead atoms. The van der Waals surface area contributed by atoms with Crippen molar-refractivity contribution < 1.29 is 23.0 Å². The Balaban J connectivity index is 1.52. The van der Waals surface area contributed by atoms with Gasteiger partial charge in [0, 0.05) is 23.7 Å². The van der Waals surface area contributed by atoms with Crippen LogP contribution in [0.2, 0.25) is 0 Å². The van der Waals surface area contributed by atoms with Gasteiger partial charge in [-0.15, -0.1) is 13.2 Å². The molecule has 1 fully saturated rings. The molecule has 3 aromatic rings. The van der Waals surface area contributed by atoms with Crippen LogP contribution in [0.1, 0.15) is 36.2 Å². The van der Waals surface area contributed by atoms with Crippen LogP contribution in [0.4, 0.5) is 19.0 Å². The average molecular weight is 364 g/mol. The van der Waals surface area contributed by atoms with Crippen LogP contribution in [0.25, 0.3) is 5.65 Å². The van der Waals surface area contributed by atoms with Crippen molar-refractivity contribution in [3.05, 3.63) is 53.9 Å². The standard InChI is InChI=1S/C17H15F3N4O2/c18-17(19,20)26-12-5-3-11(4-6-12)16(25)22-14-7-8-21-15-9-13(10-1-2-10)23-24(14)15/h3-10,16,22,25H,1-2H2. The molecule has 0 saturated heterocycles. The second-order valence-corrected chi connectivity index (χ2v) is 6.11. The van der Waals surface area contributed by atoms with Gasteiger partial charge in [0.1, 0.15) is 11.6 Å². The van der Waals surface area contributed by atoms with Crippen molar-refractivity contribution in [2.75, 3.05) is 5.32 Å². The summed E-state index contributed by atoms with van der Waals surface area (Å²) in [5.41, 5.74) is 2.02. The number of alkyl halides is 3. The first-order valence-corrected chi connectivity index (χ1v) is 8.04. The van der Waals surface area contributed by atoms with Gasteiger partial charge in [0.2, 0.25) is 0 Å². The van der Waals surface area contributed by atoms with Gasteiger partial charge in [-0.1, -0.05) is 12.1 Å². The van der Waals surface area contributed by atoms with Crippen LogP contribution in [-0.4, -0.2) is 26.1 Å². The van der Waals surface area contributed by atoms with Gasteiger partial charge in [0.05, 0.1) is 5.69 Å². The highest BCUT2D eigenvalue weighted by molar-refractivity contribution is 5.50. The molecule has 26 heavy (non-hydrogen) atoms. The van der Waals surface area contributed by atoms with Crippen LogP contribution in [0.15, 0.2) is 42.6 Å². The molecule has 1 saturated carbocycles. The van der Waals surface area contributed by atoms with Crippen molar-refractivity contribution in [2.24, 2.45) is 0 Å². The summed E-state index contributed by atoms with van der Waals surface area (Å²) in [6, 6.07) is 8.59. The highest BCUT2D eigenvalue weighted by Gasteiger charge is 2.31. The fourth-order valence-electron chi connectivity index (χ4n) is 2.68. The lowest BCUT2D eigenvalue weighted by molar-refractivity contribution is -0.274. The molecule has 1 atom stereocenters. The molecule has 2 aromatic heterocycles. The summed E-state index contributed by atoms with van der Waals surface area (Å²) < 4.78 is 42.0. The minimum atomic E-state index is -4.75. The van der Waals surface area contributed by atoms with Crippen LogP contribution in [0.3, 0.4) is 0 Å². The number of aliphatic hydroxyl groups excluding tert-OH is 1. The van der Waals surface area contributed by atoms with Crippen LogP contribution >= 0.6 is 0 Å². The van der Waals surface area contributed by atoms with E-state index >= 15 is 0 Å². The quantitative estimate of drug-likeness (QED) is 0.677. The Hall–Kier alpha value is -2.81. The van der Waals surface area contributed by atoms with E-state index in [1.54, 1.807) is 16.8 Å². The Kier molecular flexibility index (Phi) is 3.95. The second kappa shape index (κ2) is 6.17. The SMILES string of the molecule is OC(Nc1ccnc2cc(C3CC3)nn12)c1ccc(OC(F)(F)F)cc1. The molecule has 0 radical (unpaired) electrons. The summed E-state index contributed by atoms with van der Waals surface area (Å²) in [6.45, 7) is 0. The van der Waals surface area contributed by atoms with Crippen LogP contribution in [0, 0.1) is 0 Å². The van der Waals surface area contributed by atoms with E-state index in [9.17, 15) is 18.3 Å². The molecule has 2 heterocycles. The highest BCUT2D eigenvalue weighted by Crippen LogP contribution is 2.39. The monoisotopic (exact) mass is 364 g/mol. The summed E-state index contributed by atoms with van der Waals surface area (Å²) in [5, 5.41) is 17.8. The third-order valence-corrected chi connectivity index (χ3v) is 4.09. The number of benzene rings is 1. The van der Waals surface area contributed by atoms with Crippen LogP contribution in [0.5, 0.6) is 5.75 Å². The number of hydrogen-bond acceptors (Lipinski definition) is 5. The summed E-state index contributed by atoms with van der Waals surface area (Å²) in [5.74, 6) is 0.654. The molecule has 0 amide bonds. The van der Waals surface area contributed by atoms with Gasteiger partial charge >= 0.3 is 6.36 Å². The number of fused-ring (bicyclic) bond motifs is 1. The van der Waals surface area contributed by atoms with E-state index in [0.29, 0.717) is 22.9 Å². The number of halogens is 3. The lowest BCUT2D eigenvalue weighted by Crippen LogP contribution is -2.17. The molecule has 2 N–H and O–H groups in total. The highest BCUT2D eigenvalue weighted by atomic mass is 19.4. The maximum Gasteiger partial charge on any atom is 0.573 e. The van der Waals surface area contributed by atoms with E-state index in [0.717, 1.165) is 30.7 Å². The zero-order chi connectivity index (χ0) is 18.3. The first-order chi connectivity index (χ1) is 12.4. The summed E-state index contributed by atoms with van der Waals surface area (Å²) in [6.07, 6.45) is -2.05. The first kappa shape index (κ1) is 16.6. The van der Waals surface area contributed by atoms with Gasteiger partial charge in [0.15, 0.2) is 11.9 Å². The van der Waals surface area contributed by atoms with Crippen molar-refractivity contribution in [1.29, 1.82) is 0 Å². The minimum absolute atomic E-state index is 0.346. The summed E-state index contributed by atoms with van der Waals surface area (Å²) >= 11 is 0. The fraction of sp³-hybridized carbons (Fsp3) is 0.294. The largest absolute Gasteiger partial charge is 0.573 e. The number of aromatic nitrogens is 3. The Morgan fingerprint density at radius 2 is 1.92 bits per heavy atom. The van der Waals surface area contributed by atoms with E-state index in [-0.39, 0.29) is 5.75 Å². The van der Waals surface area contributed by atoms with Gasteiger partial charge in [0.25, 0.3) is 0 Å². The van der Waals surface area contributed by atoms with E-state index in [1.807, 2.05) is 6.07 Å². The lowest BCUT2D eigenvalue weighted by Gasteiger charge is -2.16.